The van der Waals surface area contributed by atoms with Gasteiger partial charge in [0.25, 0.3) is 0 Å². The zero-order valence-corrected chi connectivity index (χ0v) is 20.8. The molecule has 1 nitrogen and oxygen atoms in total. The second-order valence-corrected chi connectivity index (χ2v) is 20.5. The van der Waals surface area contributed by atoms with Gasteiger partial charge in [0.1, 0.15) is 10.4 Å². The van der Waals surface area contributed by atoms with E-state index in [4.69, 9.17) is 17.6 Å². The molecule has 0 aliphatic heterocycles. The smallest absolute Gasteiger partial charge is 0.120 e. The summed E-state index contributed by atoms with van der Waals surface area (Å²) in [6, 6.07) is 20.8. The summed E-state index contributed by atoms with van der Waals surface area (Å²) >= 11 is 0. The fourth-order valence-electron chi connectivity index (χ4n) is 3.57. The summed E-state index contributed by atoms with van der Waals surface area (Å²) in [7, 11) is -3.95. The van der Waals surface area contributed by atoms with Gasteiger partial charge < -0.3 is 4.74 Å². The summed E-state index contributed by atoms with van der Waals surface area (Å²) in [5.74, 6) is 6.24. The number of terminal acetylenes is 2. The Hall–Kier alpha value is -2.05. The van der Waals surface area contributed by atoms with E-state index in [9.17, 15) is 0 Å². The maximum Gasteiger partial charge on any atom is 0.120 e. The van der Waals surface area contributed by atoms with Crippen molar-refractivity contribution < 1.29 is 4.74 Å². The molecular weight excluding hydrogens is 384 g/mol. The van der Waals surface area contributed by atoms with Crippen molar-refractivity contribution in [2.75, 3.05) is 0 Å². The number of ether oxygens (including phenoxy) is 1. The highest BCUT2D eigenvalue weighted by Crippen LogP contribution is 2.39. The Bertz CT molecular complexity index is 803. The molecule has 2 aromatic carbocycles. The molecule has 0 saturated carbocycles. The predicted molar refractivity (Wildman–Crippen MR) is 131 cm³/mol. The minimum atomic E-state index is -1.97. The zero-order valence-electron chi connectivity index (χ0n) is 18.8. The number of hydrogen-bond acceptors (Lipinski definition) is 1. The van der Waals surface area contributed by atoms with E-state index >= 15 is 0 Å². The summed E-state index contributed by atoms with van der Waals surface area (Å²) in [4.78, 5) is 0. The maximum atomic E-state index is 7.11. The molecule has 0 heterocycles. The van der Waals surface area contributed by atoms with Gasteiger partial charge in [-0.1, -0.05) is 112 Å². The summed E-state index contributed by atoms with van der Waals surface area (Å²) < 4.78 is 7.11. The molecule has 0 saturated heterocycles. The Kier molecular flexibility index (Phi) is 7.02. The Balaban J connectivity index is 2.59. The van der Waals surface area contributed by atoms with E-state index in [0.29, 0.717) is 12.8 Å². The van der Waals surface area contributed by atoms with Gasteiger partial charge in [-0.15, -0.1) is 12.8 Å². The molecule has 3 heteroatoms. The lowest BCUT2D eigenvalue weighted by molar-refractivity contribution is -0.0164. The van der Waals surface area contributed by atoms with Gasteiger partial charge in [-0.3, -0.25) is 0 Å². The number of rotatable bonds is 8. The minimum Gasteiger partial charge on any atom is -0.350 e. The van der Waals surface area contributed by atoms with Crippen molar-refractivity contribution in [3.8, 4) is 24.7 Å². The van der Waals surface area contributed by atoms with Crippen molar-refractivity contribution >= 4 is 16.1 Å². The highest BCUT2D eigenvalue weighted by molar-refractivity contribution is 6.81. The Morgan fingerprint density at radius 2 is 0.966 bits per heavy atom. The summed E-state index contributed by atoms with van der Waals surface area (Å²) in [5, 5.41) is -1.37. The van der Waals surface area contributed by atoms with Crippen LogP contribution >= 0.6 is 0 Å². The van der Waals surface area contributed by atoms with Crippen LogP contribution in [0.5, 0.6) is 0 Å². The molecule has 2 rings (SSSR count). The Morgan fingerprint density at radius 1 is 0.655 bits per heavy atom. The van der Waals surface area contributed by atoms with E-state index in [1.807, 2.05) is 12.1 Å². The van der Waals surface area contributed by atoms with Gasteiger partial charge in [0.15, 0.2) is 0 Å². The molecule has 0 amide bonds. The van der Waals surface area contributed by atoms with Crippen molar-refractivity contribution in [2.45, 2.75) is 62.6 Å². The van der Waals surface area contributed by atoms with E-state index in [1.165, 1.54) is 11.1 Å². The van der Waals surface area contributed by atoms with Crippen LogP contribution in [-0.4, -0.2) is 26.6 Å². The third kappa shape index (κ3) is 5.12. The molecule has 0 radical (unpaired) electrons. The standard InChI is InChI=1S/C26H34OSi2/c1-9-25(28(3,4)5,21-23-17-13-11-14-18-23)27-26(10-2,29(6,7)8)22-24-19-15-12-16-20-24/h1-2,11-20H,21-22H2,3-8H3. The molecule has 0 N–H and O–H groups in total. The molecule has 2 aromatic rings. The second kappa shape index (κ2) is 8.76. The molecule has 2 atom stereocenters. The molecule has 152 valence electrons. The van der Waals surface area contributed by atoms with Crippen LogP contribution in [0, 0.1) is 24.7 Å². The summed E-state index contributed by atoms with van der Waals surface area (Å²) in [5.41, 5.74) is 2.38. The molecule has 29 heavy (non-hydrogen) atoms. The first kappa shape index (κ1) is 23.2. The Morgan fingerprint density at radius 3 is 1.21 bits per heavy atom. The van der Waals surface area contributed by atoms with Crippen LogP contribution in [-0.2, 0) is 17.6 Å². The average molecular weight is 419 g/mol. The topological polar surface area (TPSA) is 9.23 Å². The predicted octanol–water partition coefficient (Wildman–Crippen LogP) is 5.99. The summed E-state index contributed by atoms with van der Waals surface area (Å²) in [6.07, 6.45) is 13.9. The van der Waals surface area contributed by atoms with Crippen molar-refractivity contribution in [1.82, 2.24) is 0 Å². The fourth-order valence-corrected chi connectivity index (χ4v) is 6.96. The molecule has 0 spiro atoms. The molecule has 0 aliphatic rings. The van der Waals surface area contributed by atoms with E-state index in [-0.39, 0.29) is 0 Å². The third-order valence-electron chi connectivity index (χ3n) is 5.83. The summed E-state index contributed by atoms with van der Waals surface area (Å²) in [6.45, 7) is 13.7. The van der Waals surface area contributed by atoms with Gasteiger partial charge >= 0.3 is 0 Å². The fraction of sp³-hybridized carbons (Fsp3) is 0.385. The normalized spacial score (nSPS) is 16.1. The first-order valence-corrected chi connectivity index (χ1v) is 17.2. The minimum absolute atomic E-state index is 0.683. The van der Waals surface area contributed by atoms with Gasteiger partial charge in [0.05, 0.1) is 16.1 Å². The second-order valence-electron chi connectivity index (χ2n) is 9.87. The van der Waals surface area contributed by atoms with Crippen LogP contribution in [0.3, 0.4) is 0 Å². The van der Waals surface area contributed by atoms with Crippen LogP contribution in [0.1, 0.15) is 11.1 Å². The van der Waals surface area contributed by atoms with E-state index in [2.05, 4.69) is 99.7 Å². The highest BCUT2D eigenvalue weighted by atomic mass is 28.3. The molecule has 2 unspecified atom stereocenters. The third-order valence-corrected chi connectivity index (χ3v) is 11.5. The van der Waals surface area contributed by atoms with E-state index in [0.717, 1.165) is 0 Å². The van der Waals surface area contributed by atoms with E-state index < -0.39 is 26.6 Å². The average Bonchev–Trinajstić information content (AvgIpc) is 2.66. The lowest BCUT2D eigenvalue weighted by atomic mass is 10.1. The van der Waals surface area contributed by atoms with Crippen molar-refractivity contribution in [1.29, 1.82) is 0 Å². The van der Waals surface area contributed by atoms with Crippen molar-refractivity contribution in [2.24, 2.45) is 0 Å². The lowest BCUT2D eigenvalue weighted by Gasteiger charge is -2.50. The van der Waals surface area contributed by atoms with Crippen LogP contribution < -0.4 is 0 Å². The molecular formula is C26H34OSi2. The number of hydrogen-bond donors (Lipinski definition) is 0. The SMILES string of the molecule is C#CC(Cc1ccccc1)(OC(C#C)(Cc1ccccc1)[Si](C)(C)C)[Si](C)(C)C. The highest BCUT2D eigenvalue weighted by Gasteiger charge is 2.53. The van der Waals surface area contributed by atoms with E-state index in [1.54, 1.807) is 0 Å². The Labute approximate surface area is 179 Å². The van der Waals surface area contributed by atoms with Gasteiger partial charge in [0, 0.05) is 12.8 Å². The van der Waals surface area contributed by atoms with Gasteiger partial charge in [0.2, 0.25) is 0 Å². The van der Waals surface area contributed by atoms with Crippen molar-refractivity contribution in [3.63, 3.8) is 0 Å². The van der Waals surface area contributed by atoms with Crippen LogP contribution in [0.25, 0.3) is 0 Å². The van der Waals surface area contributed by atoms with Crippen LogP contribution in [0.4, 0.5) is 0 Å². The van der Waals surface area contributed by atoms with Gasteiger partial charge in [-0.05, 0) is 11.1 Å². The quantitative estimate of drug-likeness (QED) is 0.378. The number of benzene rings is 2. The largest absolute Gasteiger partial charge is 0.350 e. The monoisotopic (exact) mass is 418 g/mol. The molecule has 0 bridgehead atoms. The van der Waals surface area contributed by atoms with Crippen molar-refractivity contribution in [3.05, 3.63) is 71.8 Å². The van der Waals surface area contributed by atoms with Crippen LogP contribution in [0.15, 0.2) is 60.7 Å². The first-order valence-electron chi connectivity index (χ1n) is 10.2. The molecule has 0 aromatic heterocycles. The zero-order chi connectivity index (χ0) is 21.8. The van der Waals surface area contributed by atoms with Gasteiger partial charge in [-0.25, -0.2) is 0 Å². The van der Waals surface area contributed by atoms with Gasteiger partial charge in [-0.2, -0.15) is 0 Å². The maximum absolute atomic E-state index is 7.11. The van der Waals surface area contributed by atoms with Crippen LogP contribution in [0.2, 0.25) is 39.3 Å². The molecule has 0 aliphatic carbocycles. The lowest BCUT2D eigenvalue weighted by Crippen LogP contribution is -2.65. The molecule has 0 fully saturated rings. The first-order chi connectivity index (χ1) is 13.5.